The number of hydrogen-bond donors (Lipinski definition) is 2. The maximum atomic E-state index is 12.5. The van der Waals surface area contributed by atoms with Gasteiger partial charge >= 0.3 is 0 Å². The number of sulfonamides is 1. The molecule has 0 amide bonds. The lowest BCUT2D eigenvalue weighted by molar-refractivity contribution is 0.282. The number of nitrogens with zero attached hydrogens (tertiary/aromatic N) is 3. The van der Waals surface area contributed by atoms with Gasteiger partial charge in [-0.1, -0.05) is 31.0 Å². The topological polar surface area (TPSA) is 77.0 Å². The van der Waals surface area contributed by atoms with Crippen LogP contribution in [0.15, 0.2) is 34.2 Å². The van der Waals surface area contributed by atoms with Gasteiger partial charge in [-0.05, 0) is 50.5 Å². The van der Waals surface area contributed by atoms with Crippen molar-refractivity contribution in [2.75, 3.05) is 47.3 Å². The predicted octanol–water partition coefficient (Wildman–Crippen LogP) is 2.49. The summed E-state index contributed by atoms with van der Waals surface area (Å²) in [7, 11) is 1.35. The van der Waals surface area contributed by atoms with E-state index >= 15 is 0 Å². The minimum atomic E-state index is -3.47. The van der Waals surface area contributed by atoms with Gasteiger partial charge in [0.2, 0.25) is 10.0 Å². The van der Waals surface area contributed by atoms with Crippen LogP contribution in [-0.4, -0.2) is 70.9 Å². The fourth-order valence-corrected chi connectivity index (χ4v) is 4.48. The summed E-state index contributed by atoms with van der Waals surface area (Å²) >= 11 is 0. The fraction of sp³-hybridized carbons (Fsp3) is 0.650. The SMILES string of the molecule is CN=C(NCCCN1CCCCCC1)NCc1ccccc1S(=O)(=O)N(C)C.I. The van der Waals surface area contributed by atoms with E-state index in [2.05, 4.69) is 20.5 Å². The van der Waals surface area contributed by atoms with Crippen molar-refractivity contribution in [3.63, 3.8) is 0 Å². The summed E-state index contributed by atoms with van der Waals surface area (Å²) in [5, 5.41) is 6.56. The predicted molar refractivity (Wildman–Crippen MR) is 130 cm³/mol. The zero-order chi connectivity index (χ0) is 20.4. The second-order valence-corrected chi connectivity index (χ2v) is 9.48. The highest BCUT2D eigenvalue weighted by Gasteiger charge is 2.20. The molecule has 0 saturated carbocycles. The van der Waals surface area contributed by atoms with E-state index in [1.807, 2.05) is 12.1 Å². The van der Waals surface area contributed by atoms with Crippen molar-refractivity contribution in [1.82, 2.24) is 19.8 Å². The standard InChI is InChI=1S/C20H35N5O2S.HI/c1-21-20(22-13-10-16-25-14-8-4-5-9-15-25)23-17-18-11-6-7-12-19(18)28(26,27)24(2)3;/h6-7,11-12H,4-5,8-10,13-17H2,1-3H3,(H2,21,22,23);1H. The Labute approximate surface area is 193 Å². The third-order valence-electron chi connectivity index (χ3n) is 5.04. The van der Waals surface area contributed by atoms with Crippen LogP contribution in [0.3, 0.4) is 0 Å². The van der Waals surface area contributed by atoms with E-state index in [-0.39, 0.29) is 24.0 Å². The van der Waals surface area contributed by atoms with E-state index in [0.29, 0.717) is 17.4 Å². The molecule has 1 aromatic carbocycles. The van der Waals surface area contributed by atoms with Crippen molar-refractivity contribution in [3.05, 3.63) is 29.8 Å². The van der Waals surface area contributed by atoms with Gasteiger partial charge in [0, 0.05) is 34.2 Å². The van der Waals surface area contributed by atoms with Crippen LogP contribution < -0.4 is 10.6 Å². The highest BCUT2D eigenvalue weighted by Crippen LogP contribution is 2.18. The summed E-state index contributed by atoms with van der Waals surface area (Å²) in [4.78, 5) is 7.12. The molecule has 166 valence electrons. The molecule has 9 heteroatoms. The van der Waals surface area contributed by atoms with Crippen LogP contribution in [0, 0.1) is 0 Å². The summed E-state index contributed by atoms with van der Waals surface area (Å²) < 4.78 is 26.2. The Morgan fingerprint density at radius 1 is 1.10 bits per heavy atom. The monoisotopic (exact) mass is 537 g/mol. The van der Waals surface area contributed by atoms with E-state index < -0.39 is 10.0 Å². The molecular weight excluding hydrogens is 501 g/mol. The van der Waals surface area contributed by atoms with Crippen molar-refractivity contribution in [1.29, 1.82) is 0 Å². The van der Waals surface area contributed by atoms with Gasteiger partial charge in [0.05, 0.1) is 4.90 Å². The maximum Gasteiger partial charge on any atom is 0.242 e. The molecule has 29 heavy (non-hydrogen) atoms. The molecule has 0 spiro atoms. The van der Waals surface area contributed by atoms with Crippen molar-refractivity contribution in [2.24, 2.45) is 4.99 Å². The number of nitrogens with one attached hydrogen (secondary N) is 2. The van der Waals surface area contributed by atoms with E-state index in [1.165, 1.54) is 43.1 Å². The van der Waals surface area contributed by atoms with Gasteiger partial charge in [-0.2, -0.15) is 0 Å². The lowest BCUT2D eigenvalue weighted by atomic mass is 10.2. The number of rotatable bonds is 8. The zero-order valence-electron chi connectivity index (χ0n) is 17.9. The van der Waals surface area contributed by atoms with E-state index in [0.717, 1.165) is 25.1 Å². The first-order chi connectivity index (χ1) is 13.4. The second kappa shape index (κ2) is 13.4. The van der Waals surface area contributed by atoms with Gasteiger partial charge in [0.15, 0.2) is 5.96 Å². The first-order valence-corrected chi connectivity index (χ1v) is 11.6. The van der Waals surface area contributed by atoms with Crippen LogP contribution in [0.25, 0.3) is 0 Å². The molecule has 7 nitrogen and oxygen atoms in total. The molecule has 2 rings (SSSR count). The van der Waals surface area contributed by atoms with Gasteiger partial charge in [0.1, 0.15) is 0 Å². The van der Waals surface area contributed by atoms with Crippen LogP contribution in [0.2, 0.25) is 0 Å². The largest absolute Gasteiger partial charge is 0.356 e. The lowest BCUT2D eigenvalue weighted by Gasteiger charge is -2.20. The minimum Gasteiger partial charge on any atom is -0.356 e. The highest BCUT2D eigenvalue weighted by molar-refractivity contribution is 14.0. The smallest absolute Gasteiger partial charge is 0.242 e. The molecule has 1 aromatic rings. The molecule has 0 atom stereocenters. The van der Waals surface area contributed by atoms with Crippen molar-refractivity contribution in [3.8, 4) is 0 Å². The third-order valence-corrected chi connectivity index (χ3v) is 6.96. The van der Waals surface area contributed by atoms with Crippen LogP contribution in [-0.2, 0) is 16.6 Å². The number of benzene rings is 1. The Bertz CT molecular complexity index is 732. The molecule has 0 aromatic heterocycles. The third kappa shape index (κ3) is 8.39. The number of halogens is 1. The number of guanidine groups is 1. The van der Waals surface area contributed by atoms with Crippen LogP contribution in [0.1, 0.15) is 37.7 Å². The quantitative estimate of drug-likeness (QED) is 0.231. The van der Waals surface area contributed by atoms with Crippen LogP contribution >= 0.6 is 24.0 Å². The van der Waals surface area contributed by atoms with Crippen molar-refractivity contribution in [2.45, 2.75) is 43.5 Å². The Kier molecular flexibility index (Phi) is 12.1. The van der Waals surface area contributed by atoms with Crippen LogP contribution in [0.4, 0.5) is 0 Å². The zero-order valence-corrected chi connectivity index (χ0v) is 21.0. The molecule has 1 fully saturated rings. The summed E-state index contributed by atoms with van der Waals surface area (Å²) in [5.41, 5.74) is 0.726. The van der Waals surface area contributed by atoms with Gasteiger partial charge in [0.25, 0.3) is 0 Å². The summed E-state index contributed by atoms with van der Waals surface area (Å²) in [6.45, 7) is 4.77. The average molecular weight is 538 g/mol. The summed E-state index contributed by atoms with van der Waals surface area (Å²) in [5.74, 6) is 0.688. The minimum absolute atomic E-state index is 0. The van der Waals surface area contributed by atoms with Crippen molar-refractivity contribution >= 4 is 40.0 Å². The molecule has 1 heterocycles. The maximum absolute atomic E-state index is 12.5. The molecule has 2 N–H and O–H groups in total. The Balaban J connectivity index is 0.00000420. The van der Waals surface area contributed by atoms with Crippen LogP contribution in [0.5, 0.6) is 0 Å². The molecule has 0 bridgehead atoms. The summed E-state index contributed by atoms with van der Waals surface area (Å²) in [6, 6.07) is 7.07. The van der Waals surface area contributed by atoms with E-state index in [4.69, 9.17) is 0 Å². The normalized spacial score (nSPS) is 16.2. The van der Waals surface area contributed by atoms with E-state index in [9.17, 15) is 8.42 Å². The lowest BCUT2D eigenvalue weighted by Crippen LogP contribution is -2.38. The number of hydrogen-bond acceptors (Lipinski definition) is 4. The fourth-order valence-electron chi connectivity index (χ4n) is 3.37. The molecule has 0 aliphatic carbocycles. The van der Waals surface area contributed by atoms with E-state index in [1.54, 1.807) is 33.3 Å². The highest BCUT2D eigenvalue weighted by atomic mass is 127. The van der Waals surface area contributed by atoms with Gasteiger partial charge in [-0.25, -0.2) is 12.7 Å². The number of likely N-dealkylation sites (tertiary alicyclic amines) is 1. The Morgan fingerprint density at radius 3 is 2.38 bits per heavy atom. The van der Waals surface area contributed by atoms with Gasteiger partial charge in [-0.3, -0.25) is 4.99 Å². The Morgan fingerprint density at radius 2 is 1.76 bits per heavy atom. The Hall–Kier alpha value is -0.910. The molecule has 1 aliphatic heterocycles. The molecule has 1 saturated heterocycles. The first kappa shape index (κ1) is 26.1. The molecule has 0 radical (unpaired) electrons. The average Bonchev–Trinajstić information content (AvgIpc) is 2.96. The summed E-state index contributed by atoms with van der Waals surface area (Å²) in [6.07, 6.45) is 6.40. The molecule has 1 aliphatic rings. The number of aliphatic imine (C=N–C) groups is 1. The molecular formula is C20H36IN5O2S. The molecule has 0 unspecified atom stereocenters. The second-order valence-electron chi connectivity index (χ2n) is 7.36. The first-order valence-electron chi connectivity index (χ1n) is 10.1. The van der Waals surface area contributed by atoms with Gasteiger partial charge in [-0.15, -0.1) is 24.0 Å². The van der Waals surface area contributed by atoms with Crippen molar-refractivity contribution < 1.29 is 8.42 Å². The van der Waals surface area contributed by atoms with Gasteiger partial charge < -0.3 is 15.5 Å².